The summed E-state index contributed by atoms with van der Waals surface area (Å²) in [6, 6.07) is 15.4. The third-order valence-corrected chi connectivity index (χ3v) is 8.27. The van der Waals surface area contributed by atoms with Crippen molar-refractivity contribution in [3.8, 4) is 11.5 Å². The summed E-state index contributed by atoms with van der Waals surface area (Å²) >= 11 is 1.64. The molecular weight excluding hydrogens is 532 g/mol. The molecule has 2 aliphatic heterocycles. The van der Waals surface area contributed by atoms with Crippen molar-refractivity contribution in [3.05, 3.63) is 65.9 Å². The molecule has 2 saturated heterocycles. The molecule has 0 spiro atoms. The van der Waals surface area contributed by atoms with E-state index < -0.39 is 11.9 Å². The summed E-state index contributed by atoms with van der Waals surface area (Å²) in [5, 5.41) is 17.0. The number of carbonyl (C=O) groups excluding carboxylic acids is 1. The van der Waals surface area contributed by atoms with Crippen LogP contribution in [0, 0.1) is 0 Å². The van der Waals surface area contributed by atoms with E-state index in [1.807, 2.05) is 6.07 Å². The zero-order chi connectivity index (χ0) is 28.6. The lowest BCUT2D eigenvalue weighted by atomic mass is 9.87. The summed E-state index contributed by atoms with van der Waals surface area (Å²) < 4.78 is 17.6. The van der Waals surface area contributed by atoms with Crippen molar-refractivity contribution in [1.82, 2.24) is 9.27 Å². The summed E-state index contributed by atoms with van der Waals surface area (Å²) in [7, 11) is 1.61. The van der Waals surface area contributed by atoms with Crippen molar-refractivity contribution in [2.24, 2.45) is 0 Å². The van der Waals surface area contributed by atoms with E-state index in [-0.39, 0.29) is 5.78 Å². The third kappa shape index (κ3) is 7.25. The topological polar surface area (TPSA) is 126 Å². The highest BCUT2D eigenvalue weighted by atomic mass is 32.1. The Morgan fingerprint density at radius 3 is 2.33 bits per heavy atom. The van der Waals surface area contributed by atoms with Crippen LogP contribution < -0.4 is 9.47 Å². The molecule has 2 unspecified atom stereocenters. The van der Waals surface area contributed by atoms with Crippen LogP contribution in [0.1, 0.15) is 61.0 Å². The summed E-state index contributed by atoms with van der Waals surface area (Å²) in [6.45, 7) is 3.27. The van der Waals surface area contributed by atoms with Crippen LogP contribution in [-0.4, -0.2) is 69.6 Å². The molecule has 2 fully saturated rings. The molecule has 9 nitrogen and oxygen atoms in total. The summed E-state index contributed by atoms with van der Waals surface area (Å²) in [5.74, 6) is -0.581. The Hall–Kier alpha value is -3.76. The molecule has 2 bridgehead atoms. The summed E-state index contributed by atoms with van der Waals surface area (Å²) in [4.78, 5) is 33.4. The molecular formula is C30H34N2O7S. The van der Waals surface area contributed by atoms with E-state index in [4.69, 9.17) is 24.1 Å². The molecule has 3 aromatic rings. The normalized spacial score (nSPS) is 20.2. The van der Waals surface area contributed by atoms with Crippen molar-refractivity contribution < 1.29 is 34.1 Å². The van der Waals surface area contributed by atoms with Gasteiger partial charge in [0.1, 0.15) is 0 Å². The zero-order valence-corrected chi connectivity index (χ0v) is 23.4. The number of aliphatic carboxylic acids is 2. The average Bonchev–Trinajstić information content (AvgIpc) is 3.47. The zero-order valence-electron chi connectivity index (χ0n) is 22.6. The fraction of sp³-hybridized carbons (Fsp3) is 0.400. The van der Waals surface area contributed by atoms with Gasteiger partial charge in [-0.05, 0) is 74.8 Å². The predicted molar refractivity (Wildman–Crippen MR) is 153 cm³/mol. The Labute approximate surface area is 237 Å². The number of fused-ring (bicyclic) bond motifs is 3. The lowest BCUT2D eigenvalue weighted by Crippen LogP contribution is -2.43. The standard InChI is InChI=1S/C26H30N2O3S.C4H4O4/c1-17(29)18-8-11-23(24(16-18)30-2)31-13-5-12-28-20-9-10-21(28)15-19(14-20)26-22-6-3-4-7-25(22)32-27-26;5-3(6)1-2-4(7)8/h3-4,6-8,11,16,19-21H,5,9-10,12-15H2,1-2H3;1-2H,(H,5,6)(H,7,8). The fourth-order valence-electron chi connectivity index (χ4n) is 5.64. The predicted octanol–water partition coefficient (Wildman–Crippen LogP) is 5.40. The third-order valence-electron chi connectivity index (χ3n) is 7.43. The molecule has 3 heterocycles. The average molecular weight is 567 g/mol. The van der Waals surface area contributed by atoms with Gasteiger partial charge in [-0.25, -0.2) is 9.59 Å². The van der Waals surface area contributed by atoms with Crippen LogP contribution in [0.5, 0.6) is 11.5 Å². The number of carboxylic acids is 2. The van der Waals surface area contributed by atoms with Crippen molar-refractivity contribution in [1.29, 1.82) is 0 Å². The van der Waals surface area contributed by atoms with E-state index in [2.05, 4.69) is 29.2 Å². The molecule has 40 heavy (non-hydrogen) atoms. The van der Waals surface area contributed by atoms with Crippen LogP contribution in [0.2, 0.25) is 0 Å². The maximum atomic E-state index is 11.6. The van der Waals surface area contributed by atoms with E-state index >= 15 is 0 Å². The molecule has 2 N–H and O–H groups in total. The number of aromatic nitrogens is 1. The van der Waals surface area contributed by atoms with Gasteiger partial charge >= 0.3 is 11.9 Å². The highest BCUT2D eigenvalue weighted by molar-refractivity contribution is 7.13. The van der Waals surface area contributed by atoms with Crippen molar-refractivity contribution in [2.75, 3.05) is 20.3 Å². The molecule has 0 aliphatic carbocycles. The lowest BCUT2D eigenvalue weighted by Gasteiger charge is -2.38. The maximum absolute atomic E-state index is 11.6. The van der Waals surface area contributed by atoms with Gasteiger partial charge in [-0.1, -0.05) is 18.2 Å². The van der Waals surface area contributed by atoms with Gasteiger partial charge in [-0.3, -0.25) is 9.69 Å². The SMILES string of the molecule is COc1cc(C(C)=O)ccc1OCCCN1C2CCC1CC(c1nsc3ccccc13)C2.O=C(O)C=CC(=O)O. The Morgan fingerprint density at radius 1 is 1.02 bits per heavy atom. The van der Waals surface area contributed by atoms with Crippen LogP contribution in [0.3, 0.4) is 0 Å². The Balaban J connectivity index is 0.000000406. The van der Waals surface area contributed by atoms with Gasteiger partial charge in [0.25, 0.3) is 0 Å². The number of hydrogen-bond acceptors (Lipinski definition) is 8. The number of carbonyl (C=O) groups is 3. The molecule has 212 valence electrons. The number of rotatable bonds is 10. The largest absolute Gasteiger partial charge is 0.493 e. The first-order valence-electron chi connectivity index (χ1n) is 13.3. The molecule has 2 aliphatic rings. The van der Waals surface area contributed by atoms with Gasteiger partial charge in [0, 0.05) is 47.6 Å². The highest BCUT2D eigenvalue weighted by Gasteiger charge is 2.41. The first-order valence-corrected chi connectivity index (χ1v) is 14.1. The fourth-order valence-corrected chi connectivity index (χ4v) is 6.49. The molecule has 0 amide bonds. The second-order valence-electron chi connectivity index (χ2n) is 9.99. The number of methoxy groups -OCH3 is 1. The summed E-state index contributed by atoms with van der Waals surface area (Å²) in [5.41, 5.74) is 1.97. The molecule has 1 aromatic heterocycles. The van der Waals surface area contributed by atoms with Gasteiger partial charge in [-0.2, -0.15) is 4.37 Å². The maximum Gasteiger partial charge on any atom is 0.328 e. The molecule has 2 atom stereocenters. The van der Waals surface area contributed by atoms with Crippen molar-refractivity contribution in [2.45, 2.75) is 57.0 Å². The minimum atomic E-state index is -1.26. The number of carboxylic acid groups (broad SMARTS) is 2. The number of hydrogen-bond donors (Lipinski definition) is 2. The second kappa shape index (κ2) is 13.5. The Bertz CT molecular complexity index is 1360. The van der Waals surface area contributed by atoms with E-state index in [9.17, 15) is 14.4 Å². The first-order chi connectivity index (χ1) is 19.3. The molecule has 0 radical (unpaired) electrons. The quantitative estimate of drug-likeness (QED) is 0.188. The van der Waals surface area contributed by atoms with Gasteiger partial charge in [-0.15, -0.1) is 0 Å². The van der Waals surface area contributed by atoms with E-state index in [1.165, 1.54) is 41.5 Å². The number of benzene rings is 2. The van der Waals surface area contributed by atoms with Crippen molar-refractivity contribution >= 4 is 39.3 Å². The van der Waals surface area contributed by atoms with Gasteiger partial charge in [0.2, 0.25) is 0 Å². The van der Waals surface area contributed by atoms with E-state index in [1.54, 1.807) is 37.7 Å². The monoisotopic (exact) mass is 566 g/mol. The van der Waals surface area contributed by atoms with Gasteiger partial charge in [0.15, 0.2) is 17.3 Å². The van der Waals surface area contributed by atoms with E-state index in [0.29, 0.717) is 53.8 Å². The lowest BCUT2D eigenvalue weighted by molar-refractivity contribution is -0.134. The summed E-state index contributed by atoms with van der Waals surface area (Å²) in [6.07, 6.45) is 7.12. The van der Waals surface area contributed by atoms with Crippen LogP contribution in [-0.2, 0) is 9.59 Å². The minimum absolute atomic E-state index is 0.0272. The molecule has 2 aromatic carbocycles. The van der Waals surface area contributed by atoms with Gasteiger partial charge < -0.3 is 19.7 Å². The van der Waals surface area contributed by atoms with Crippen LogP contribution in [0.15, 0.2) is 54.6 Å². The Kier molecular flexibility index (Phi) is 9.89. The molecule has 10 heteroatoms. The smallest absolute Gasteiger partial charge is 0.328 e. The highest BCUT2D eigenvalue weighted by Crippen LogP contribution is 2.44. The Morgan fingerprint density at radius 2 is 1.70 bits per heavy atom. The van der Waals surface area contributed by atoms with Crippen LogP contribution in [0.4, 0.5) is 0 Å². The van der Waals surface area contributed by atoms with Gasteiger partial charge in [0.05, 0.1) is 24.1 Å². The second-order valence-corrected chi connectivity index (χ2v) is 10.8. The van der Waals surface area contributed by atoms with Crippen molar-refractivity contribution in [3.63, 3.8) is 0 Å². The number of piperidine rings is 1. The number of Topliss-reactive ketones (excluding diaryl/α,β-unsaturated/α-hetero) is 1. The number of nitrogens with zero attached hydrogens (tertiary/aromatic N) is 2. The molecule has 5 rings (SSSR count). The van der Waals surface area contributed by atoms with Crippen LogP contribution >= 0.6 is 11.5 Å². The minimum Gasteiger partial charge on any atom is -0.493 e. The number of ether oxygens (including phenoxy) is 2. The van der Waals surface area contributed by atoms with E-state index in [0.717, 1.165) is 13.0 Å². The first kappa shape index (κ1) is 29.2. The molecule has 0 saturated carbocycles. The number of ketones is 1. The van der Waals surface area contributed by atoms with Crippen LogP contribution in [0.25, 0.3) is 10.1 Å².